The highest BCUT2D eigenvalue weighted by molar-refractivity contribution is 7.90. The molecule has 0 atom stereocenters. The zero-order valence-electron chi connectivity index (χ0n) is 4.66. The molecule has 0 saturated carbocycles. The van der Waals surface area contributed by atoms with Crippen LogP contribution in [0, 0.1) is 0 Å². The molecule has 6 heteroatoms. The predicted molar refractivity (Wildman–Crippen MR) is 31.8 cm³/mol. The number of hydrogen-bond donors (Lipinski definition) is 0. The number of aromatic amines is 1. The van der Waals surface area contributed by atoms with Gasteiger partial charge in [0.25, 0.3) is 9.84 Å². The molecule has 0 spiro atoms. The smallest absolute Gasteiger partial charge is 0.221 e. The van der Waals surface area contributed by atoms with Gasteiger partial charge in [0.15, 0.2) is 5.51 Å². The van der Waals surface area contributed by atoms with Crippen LogP contribution < -0.4 is 4.98 Å². The molecule has 0 aromatic carbocycles. The number of aromatic nitrogens is 2. The van der Waals surface area contributed by atoms with Crippen LogP contribution in [0.25, 0.3) is 0 Å². The second-order valence-corrected chi connectivity index (χ2v) is 4.10. The zero-order chi connectivity index (χ0) is 6.91. The zero-order valence-corrected chi connectivity index (χ0v) is 6.29. The number of H-pyrrole nitrogens is 1. The van der Waals surface area contributed by atoms with E-state index in [2.05, 4.69) is 9.36 Å². The van der Waals surface area contributed by atoms with Crippen molar-refractivity contribution in [1.29, 1.82) is 0 Å². The van der Waals surface area contributed by atoms with E-state index >= 15 is 0 Å². The standard InChI is InChI=1S/C3H4N2O2S2/c1-9(6,7)3-4-2-8-5-3/h2H,1H3/p+1. The summed E-state index contributed by atoms with van der Waals surface area (Å²) in [7, 11) is -3.12. The van der Waals surface area contributed by atoms with E-state index in [-0.39, 0.29) is 5.16 Å². The Kier molecular flexibility index (Phi) is 1.50. The summed E-state index contributed by atoms with van der Waals surface area (Å²) in [6, 6.07) is 0. The summed E-state index contributed by atoms with van der Waals surface area (Å²) in [5, 5.41) is 0.0347. The van der Waals surface area contributed by atoms with E-state index in [1.807, 2.05) is 0 Å². The second-order valence-electron chi connectivity index (χ2n) is 1.54. The van der Waals surface area contributed by atoms with Gasteiger partial charge in [-0.3, -0.25) is 0 Å². The van der Waals surface area contributed by atoms with E-state index in [9.17, 15) is 8.42 Å². The first-order valence-corrected chi connectivity index (χ1v) is 4.85. The maximum atomic E-state index is 10.6. The molecule has 0 aliphatic carbocycles. The third-order valence-corrected chi connectivity index (χ3v) is 2.26. The SMILES string of the molecule is CS(=O)(=O)c1nsc[nH+]1. The van der Waals surface area contributed by atoms with E-state index in [0.717, 1.165) is 17.8 Å². The van der Waals surface area contributed by atoms with Crippen molar-refractivity contribution in [1.82, 2.24) is 4.37 Å². The van der Waals surface area contributed by atoms with E-state index in [4.69, 9.17) is 0 Å². The fourth-order valence-electron chi connectivity index (χ4n) is 0.352. The number of nitrogens with zero attached hydrogens (tertiary/aromatic N) is 1. The Morgan fingerprint density at radius 2 is 2.44 bits per heavy atom. The Morgan fingerprint density at radius 1 is 1.78 bits per heavy atom. The van der Waals surface area contributed by atoms with Gasteiger partial charge in [0.05, 0.1) is 6.26 Å². The van der Waals surface area contributed by atoms with Gasteiger partial charge in [-0.2, -0.15) is 0 Å². The van der Waals surface area contributed by atoms with Gasteiger partial charge >= 0.3 is 5.16 Å². The first-order valence-electron chi connectivity index (χ1n) is 2.13. The molecule has 1 rings (SSSR count). The van der Waals surface area contributed by atoms with Crippen molar-refractivity contribution >= 4 is 21.4 Å². The summed E-state index contributed by atoms with van der Waals surface area (Å²) in [4.78, 5) is 2.50. The van der Waals surface area contributed by atoms with Gasteiger partial charge in [0.1, 0.15) is 11.5 Å². The minimum absolute atomic E-state index is 0.0347. The average molecular weight is 165 g/mol. The molecule has 0 aliphatic heterocycles. The molecule has 50 valence electrons. The molecular weight excluding hydrogens is 160 g/mol. The Morgan fingerprint density at radius 3 is 2.67 bits per heavy atom. The lowest BCUT2D eigenvalue weighted by atomic mass is 11.3. The molecule has 0 unspecified atom stereocenters. The summed E-state index contributed by atoms with van der Waals surface area (Å²) in [5.74, 6) is 0. The highest BCUT2D eigenvalue weighted by Crippen LogP contribution is 1.95. The lowest BCUT2D eigenvalue weighted by molar-refractivity contribution is -0.425. The molecule has 0 fully saturated rings. The van der Waals surface area contributed by atoms with E-state index in [0.29, 0.717) is 0 Å². The molecule has 1 aromatic heterocycles. The van der Waals surface area contributed by atoms with Gasteiger partial charge in [0.2, 0.25) is 0 Å². The molecule has 1 heterocycles. The van der Waals surface area contributed by atoms with Gasteiger partial charge < -0.3 is 0 Å². The topological polar surface area (TPSA) is 61.2 Å². The summed E-state index contributed by atoms with van der Waals surface area (Å²) < 4.78 is 24.8. The predicted octanol–water partition coefficient (Wildman–Crippen LogP) is -0.639. The average Bonchev–Trinajstić information content (AvgIpc) is 2.08. The highest BCUT2D eigenvalue weighted by atomic mass is 32.2. The fourth-order valence-corrected chi connectivity index (χ4v) is 1.74. The Hall–Kier alpha value is -0.490. The van der Waals surface area contributed by atoms with Gasteiger partial charge in [0, 0.05) is 4.37 Å². The normalized spacial score (nSPS) is 11.7. The van der Waals surface area contributed by atoms with Crippen molar-refractivity contribution in [2.45, 2.75) is 5.16 Å². The summed E-state index contributed by atoms with van der Waals surface area (Å²) in [6.07, 6.45) is 1.11. The Balaban J connectivity index is 3.20. The maximum absolute atomic E-state index is 10.6. The van der Waals surface area contributed by atoms with Gasteiger partial charge in [-0.1, -0.05) is 0 Å². The highest BCUT2D eigenvalue weighted by Gasteiger charge is 2.18. The van der Waals surface area contributed by atoms with Crippen LogP contribution in [-0.2, 0) is 9.84 Å². The largest absolute Gasteiger partial charge is 0.428 e. The van der Waals surface area contributed by atoms with Crippen molar-refractivity contribution in [2.75, 3.05) is 6.26 Å². The molecule has 1 aromatic rings. The van der Waals surface area contributed by atoms with Crippen LogP contribution >= 0.6 is 11.5 Å². The van der Waals surface area contributed by atoms with Gasteiger partial charge in [-0.25, -0.2) is 13.4 Å². The Bertz CT molecular complexity index is 275. The van der Waals surface area contributed by atoms with Crippen LogP contribution in [-0.4, -0.2) is 19.0 Å². The number of hydrogen-bond acceptors (Lipinski definition) is 4. The third kappa shape index (κ3) is 1.46. The molecule has 0 amide bonds. The fraction of sp³-hybridized carbons (Fsp3) is 0.333. The van der Waals surface area contributed by atoms with E-state index in [1.165, 1.54) is 5.51 Å². The van der Waals surface area contributed by atoms with Gasteiger partial charge in [-0.15, -0.1) is 0 Å². The van der Waals surface area contributed by atoms with Crippen LogP contribution in [0.1, 0.15) is 0 Å². The Labute approximate surface area is 56.6 Å². The minimum Gasteiger partial charge on any atom is -0.221 e. The second kappa shape index (κ2) is 2.03. The molecule has 0 radical (unpaired) electrons. The quantitative estimate of drug-likeness (QED) is 0.556. The number of sulfone groups is 1. The lowest BCUT2D eigenvalue weighted by Crippen LogP contribution is -2.11. The monoisotopic (exact) mass is 165 g/mol. The molecular formula is C3H5N2O2S2+. The summed E-state index contributed by atoms with van der Waals surface area (Å²) in [5.41, 5.74) is 1.51. The van der Waals surface area contributed by atoms with Crippen molar-refractivity contribution in [3.63, 3.8) is 0 Å². The van der Waals surface area contributed by atoms with Gasteiger partial charge in [-0.05, 0) is 0 Å². The van der Waals surface area contributed by atoms with Crippen LogP contribution in [0.15, 0.2) is 10.7 Å². The maximum Gasteiger partial charge on any atom is 0.428 e. The first-order chi connectivity index (χ1) is 4.11. The molecule has 0 saturated heterocycles. The molecule has 1 N–H and O–H groups in total. The number of rotatable bonds is 1. The van der Waals surface area contributed by atoms with Crippen LogP contribution in [0.3, 0.4) is 0 Å². The van der Waals surface area contributed by atoms with Crippen molar-refractivity contribution in [2.24, 2.45) is 0 Å². The van der Waals surface area contributed by atoms with E-state index < -0.39 is 9.84 Å². The van der Waals surface area contributed by atoms with Crippen LogP contribution in [0.4, 0.5) is 0 Å². The third-order valence-electron chi connectivity index (χ3n) is 0.722. The molecule has 9 heavy (non-hydrogen) atoms. The molecule has 4 nitrogen and oxygen atoms in total. The lowest BCUT2D eigenvalue weighted by Gasteiger charge is -1.75. The van der Waals surface area contributed by atoms with Crippen LogP contribution in [0.2, 0.25) is 0 Å². The van der Waals surface area contributed by atoms with Crippen molar-refractivity contribution < 1.29 is 13.4 Å². The van der Waals surface area contributed by atoms with Crippen LogP contribution in [0.5, 0.6) is 0 Å². The first kappa shape index (κ1) is 6.63. The van der Waals surface area contributed by atoms with Crippen molar-refractivity contribution in [3.05, 3.63) is 5.51 Å². The van der Waals surface area contributed by atoms with Crippen molar-refractivity contribution in [3.8, 4) is 0 Å². The number of nitrogens with one attached hydrogen (secondary N) is 1. The molecule has 0 bridgehead atoms. The summed E-state index contributed by atoms with van der Waals surface area (Å²) >= 11 is 1.08. The minimum atomic E-state index is -3.12. The molecule has 0 aliphatic rings. The van der Waals surface area contributed by atoms with E-state index in [1.54, 1.807) is 0 Å². The summed E-state index contributed by atoms with van der Waals surface area (Å²) in [6.45, 7) is 0.